The Labute approximate surface area is 179 Å². The third-order valence-electron chi connectivity index (χ3n) is 5.46. The number of hydrogen-bond donors (Lipinski definition) is 2. The van der Waals surface area contributed by atoms with E-state index in [0.29, 0.717) is 17.9 Å². The second-order valence-corrected chi connectivity index (χ2v) is 7.51. The maximum Gasteiger partial charge on any atom is 0.324 e. The summed E-state index contributed by atoms with van der Waals surface area (Å²) < 4.78 is 7.31. The molecule has 1 fully saturated rings. The highest BCUT2D eigenvalue weighted by Gasteiger charge is 2.38. The summed E-state index contributed by atoms with van der Waals surface area (Å²) in [5.74, 6) is -0.0186. The number of ether oxygens (including phenoxy) is 1. The molecular weight excluding hydrogens is 396 g/mol. The highest BCUT2D eigenvalue weighted by atomic mass is 16.5. The molecule has 0 aliphatic carbocycles. The fraction of sp³-hybridized carbons (Fsp3) is 0.261. The molecule has 4 rings (SSSR count). The zero-order chi connectivity index (χ0) is 22.0. The topological polar surface area (TPSA) is 92.7 Å². The molecule has 8 heteroatoms. The summed E-state index contributed by atoms with van der Waals surface area (Å²) in [5, 5.41) is 6.42. The third kappa shape index (κ3) is 4.23. The summed E-state index contributed by atoms with van der Waals surface area (Å²) in [4.78, 5) is 38.6. The van der Waals surface area contributed by atoms with Crippen LogP contribution in [0.4, 0.5) is 10.5 Å². The molecule has 1 unspecified atom stereocenters. The van der Waals surface area contributed by atoms with E-state index in [-0.39, 0.29) is 18.9 Å². The predicted octanol–water partition coefficient (Wildman–Crippen LogP) is 2.68. The van der Waals surface area contributed by atoms with E-state index in [9.17, 15) is 14.4 Å². The van der Waals surface area contributed by atoms with Crippen molar-refractivity contribution >= 4 is 34.4 Å². The number of nitrogens with zero attached hydrogens (tertiary/aromatic N) is 2. The highest BCUT2D eigenvalue weighted by Crippen LogP contribution is 2.21. The van der Waals surface area contributed by atoms with Crippen molar-refractivity contribution in [3.8, 4) is 5.75 Å². The van der Waals surface area contributed by atoms with Gasteiger partial charge >= 0.3 is 6.03 Å². The average molecular weight is 420 g/mol. The SMILES string of the molecule is COc1ccccc1CCN1C(=O)NC(CC(=O)Nc2ccc3c(ccn3C)c2)C1=O. The third-order valence-corrected chi connectivity index (χ3v) is 5.46. The van der Waals surface area contributed by atoms with Crippen LogP contribution in [-0.4, -0.2) is 47.0 Å². The molecule has 31 heavy (non-hydrogen) atoms. The van der Waals surface area contributed by atoms with Gasteiger partial charge in [0, 0.05) is 36.4 Å². The number of urea groups is 1. The number of carbonyl (C=O) groups excluding carboxylic acids is 3. The van der Waals surface area contributed by atoms with Gasteiger partial charge in [0.05, 0.1) is 13.5 Å². The first kappa shape index (κ1) is 20.5. The zero-order valence-electron chi connectivity index (χ0n) is 17.4. The van der Waals surface area contributed by atoms with E-state index >= 15 is 0 Å². The maximum atomic E-state index is 12.7. The van der Waals surface area contributed by atoms with Gasteiger partial charge in [-0.15, -0.1) is 0 Å². The van der Waals surface area contributed by atoms with Gasteiger partial charge in [0.2, 0.25) is 5.91 Å². The summed E-state index contributed by atoms with van der Waals surface area (Å²) in [7, 11) is 3.53. The Bertz CT molecular complexity index is 1150. The number of para-hydroxylation sites is 1. The Kier molecular flexibility index (Phi) is 5.62. The number of nitrogens with one attached hydrogen (secondary N) is 2. The highest BCUT2D eigenvalue weighted by molar-refractivity contribution is 6.07. The maximum absolute atomic E-state index is 12.7. The number of aryl methyl sites for hydroxylation is 1. The Hall–Kier alpha value is -3.81. The standard InChI is InChI=1S/C23H24N4O4/c1-26-11-9-16-13-17(7-8-19(16)26)24-21(28)14-18-22(29)27(23(30)25-18)12-10-15-5-3-4-6-20(15)31-2/h3-9,11,13,18H,10,12,14H2,1-2H3,(H,24,28)(H,25,30). The summed E-state index contributed by atoms with van der Waals surface area (Å²) in [6.45, 7) is 0.216. The molecule has 1 aromatic heterocycles. The van der Waals surface area contributed by atoms with E-state index in [2.05, 4.69) is 10.6 Å². The Balaban J connectivity index is 1.36. The minimum Gasteiger partial charge on any atom is -0.496 e. The average Bonchev–Trinajstić information content (AvgIpc) is 3.25. The molecule has 1 aliphatic heterocycles. The second kappa shape index (κ2) is 8.51. The van der Waals surface area contributed by atoms with Crippen LogP contribution < -0.4 is 15.4 Å². The van der Waals surface area contributed by atoms with Crippen LogP contribution in [-0.2, 0) is 23.1 Å². The Morgan fingerprint density at radius 3 is 2.77 bits per heavy atom. The molecule has 8 nitrogen and oxygen atoms in total. The molecule has 1 aliphatic rings. The van der Waals surface area contributed by atoms with Gasteiger partial charge in [0.1, 0.15) is 11.8 Å². The molecule has 3 aromatic rings. The molecule has 0 radical (unpaired) electrons. The van der Waals surface area contributed by atoms with E-state index in [1.54, 1.807) is 7.11 Å². The van der Waals surface area contributed by atoms with Crippen molar-refractivity contribution in [3.05, 3.63) is 60.3 Å². The molecular formula is C23H24N4O4. The second-order valence-electron chi connectivity index (χ2n) is 7.51. The number of carbonyl (C=O) groups is 3. The van der Waals surface area contributed by atoms with Crippen LogP contribution in [0.1, 0.15) is 12.0 Å². The number of methoxy groups -OCH3 is 1. The zero-order valence-corrected chi connectivity index (χ0v) is 17.4. The van der Waals surface area contributed by atoms with Crippen LogP contribution in [0.3, 0.4) is 0 Å². The molecule has 0 saturated carbocycles. The van der Waals surface area contributed by atoms with Gasteiger partial charge in [-0.25, -0.2) is 4.79 Å². The number of amides is 4. The molecule has 0 spiro atoms. The van der Waals surface area contributed by atoms with Crippen molar-refractivity contribution < 1.29 is 19.1 Å². The van der Waals surface area contributed by atoms with Crippen molar-refractivity contribution in [3.63, 3.8) is 0 Å². The molecule has 0 bridgehead atoms. The molecule has 1 saturated heterocycles. The van der Waals surface area contributed by atoms with Gasteiger partial charge in [-0.3, -0.25) is 14.5 Å². The number of aromatic nitrogens is 1. The smallest absolute Gasteiger partial charge is 0.324 e. The van der Waals surface area contributed by atoms with Crippen molar-refractivity contribution in [2.75, 3.05) is 19.0 Å². The largest absolute Gasteiger partial charge is 0.496 e. The van der Waals surface area contributed by atoms with Crippen LogP contribution in [0.25, 0.3) is 10.9 Å². The van der Waals surface area contributed by atoms with Crippen molar-refractivity contribution in [2.24, 2.45) is 7.05 Å². The lowest BCUT2D eigenvalue weighted by Gasteiger charge is -2.14. The fourth-order valence-corrected chi connectivity index (χ4v) is 3.83. The summed E-state index contributed by atoms with van der Waals surface area (Å²) in [6, 6.07) is 13.7. The number of anilines is 1. The lowest BCUT2D eigenvalue weighted by atomic mass is 10.1. The van der Waals surface area contributed by atoms with E-state index in [1.165, 1.54) is 0 Å². The van der Waals surface area contributed by atoms with E-state index in [1.807, 2.05) is 66.3 Å². The first-order valence-corrected chi connectivity index (χ1v) is 10.0. The summed E-state index contributed by atoms with van der Waals surface area (Å²) in [6.07, 6.45) is 2.30. The van der Waals surface area contributed by atoms with Crippen molar-refractivity contribution in [1.82, 2.24) is 14.8 Å². The van der Waals surface area contributed by atoms with E-state index in [0.717, 1.165) is 21.4 Å². The minimum absolute atomic E-state index is 0.122. The lowest BCUT2D eigenvalue weighted by molar-refractivity contribution is -0.129. The van der Waals surface area contributed by atoms with Gasteiger partial charge in [0.25, 0.3) is 5.91 Å². The lowest BCUT2D eigenvalue weighted by Crippen LogP contribution is -2.35. The van der Waals surface area contributed by atoms with Crippen LogP contribution in [0.5, 0.6) is 5.75 Å². The normalized spacial score (nSPS) is 15.9. The first-order chi connectivity index (χ1) is 15.0. The van der Waals surface area contributed by atoms with Gasteiger partial charge in [0.15, 0.2) is 0 Å². The predicted molar refractivity (Wildman–Crippen MR) is 117 cm³/mol. The van der Waals surface area contributed by atoms with Crippen LogP contribution in [0.15, 0.2) is 54.7 Å². The molecule has 2 heterocycles. The Morgan fingerprint density at radius 2 is 1.97 bits per heavy atom. The van der Waals surface area contributed by atoms with Gasteiger partial charge in [-0.1, -0.05) is 18.2 Å². The molecule has 2 N–H and O–H groups in total. The molecule has 4 amide bonds. The molecule has 1 atom stereocenters. The quantitative estimate of drug-likeness (QED) is 0.575. The summed E-state index contributed by atoms with van der Waals surface area (Å²) >= 11 is 0. The molecule has 2 aromatic carbocycles. The van der Waals surface area contributed by atoms with E-state index < -0.39 is 18.0 Å². The first-order valence-electron chi connectivity index (χ1n) is 10.0. The van der Waals surface area contributed by atoms with Crippen molar-refractivity contribution in [1.29, 1.82) is 0 Å². The number of benzene rings is 2. The number of fused-ring (bicyclic) bond motifs is 1. The molecule has 160 valence electrons. The van der Waals surface area contributed by atoms with Gasteiger partial charge in [-0.2, -0.15) is 0 Å². The Morgan fingerprint density at radius 1 is 1.16 bits per heavy atom. The summed E-state index contributed by atoms with van der Waals surface area (Å²) in [5.41, 5.74) is 2.61. The van der Waals surface area contributed by atoms with Crippen molar-refractivity contribution in [2.45, 2.75) is 18.9 Å². The number of imide groups is 1. The van der Waals surface area contributed by atoms with E-state index in [4.69, 9.17) is 4.74 Å². The fourth-order valence-electron chi connectivity index (χ4n) is 3.83. The van der Waals surface area contributed by atoms with Gasteiger partial charge < -0.3 is 19.9 Å². The minimum atomic E-state index is -0.870. The van der Waals surface area contributed by atoms with Crippen LogP contribution in [0.2, 0.25) is 0 Å². The number of rotatable bonds is 7. The monoisotopic (exact) mass is 420 g/mol. The van der Waals surface area contributed by atoms with Crippen LogP contribution in [0, 0.1) is 0 Å². The number of hydrogen-bond acceptors (Lipinski definition) is 4. The van der Waals surface area contributed by atoms with Gasteiger partial charge in [-0.05, 0) is 42.3 Å². The van der Waals surface area contributed by atoms with Crippen LogP contribution >= 0.6 is 0 Å².